The average molecular weight is 918 g/mol. The molecule has 0 aliphatic carbocycles. The monoisotopic (exact) mass is 917 g/mol. The van der Waals surface area contributed by atoms with Gasteiger partial charge in [0.05, 0.1) is 22.2 Å². The van der Waals surface area contributed by atoms with Crippen LogP contribution >= 0.6 is 0 Å². The first kappa shape index (κ1) is 36.1. The SMILES string of the molecule is CC(C)(c1ccccc1)c1ccc(-c2ccnc(-c3[c-]c(-c4cccc5c4nc(-c4ccccc4O)n5-c4ccccc4)cc4c3oc3ccccc34)c2)cc1.[Pt]. The van der Waals surface area contributed by atoms with Crippen molar-refractivity contribution < 1.29 is 30.6 Å². The van der Waals surface area contributed by atoms with Crippen LogP contribution < -0.4 is 0 Å². The van der Waals surface area contributed by atoms with Gasteiger partial charge in [0, 0.05) is 49.4 Å². The largest absolute Gasteiger partial charge is 0.507 e. The minimum atomic E-state index is -0.131. The molecule has 0 saturated heterocycles. The summed E-state index contributed by atoms with van der Waals surface area (Å²) in [5.41, 5.74) is 12.7. The molecule has 1 N–H and O–H groups in total. The Bertz CT molecular complexity index is 3060. The Balaban J connectivity index is 0.00000422. The van der Waals surface area contributed by atoms with Gasteiger partial charge in [-0.3, -0.25) is 9.55 Å². The van der Waals surface area contributed by atoms with Crippen LogP contribution in [0.15, 0.2) is 180 Å². The van der Waals surface area contributed by atoms with E-state index in [0.717, 1.165) is 72.2 Å². The van der Waals surface area contributed by atoms with Crippen LogP contribution in [0.2, 0.25) is 0 Å². The molecular formula is C51H36N3O2Pt-. The summed E-state index contributed by atoms with van der Waals surface area (Å²) >= 11 is 0. The molecule has 6 heteroatoms. The summed E-state index contributed by atoms with van der Waals surface area (Å²) in [5, 5.41) is 13.0. The zero-order valence-corrected chi connectivity index (χ0v) is 33.5. The van der Waals surface area contributed by atoms with Crippen molar-refractivity contribution in [3.05, 3.63) is 193 Å². The number of fused-ring (bicyclic) bond motifs is 4. The standard InChI is InChI=1S/C51H36N3O2.Pt/c1-51(2,36-14-5-3-6-15-36)37-26-24-33(25-27-37)34-28-29-52-44(32-34)43-31-35(30-42-40-18-10-12-23-47(40)56-49(42)43)39-20-13-21-45-48(39)53-50(41-19-9-11-22-46(41)55)54(45)38-16-7-4-8-17-38;/h3-30,32,55H,1-2H3;/q-1;. The fraction of sp³-hybridized carbons (Fsp3) is 0.0588. The molecule has 0 fully saturated rings. The van der Waals surface area contributed by atoms with E-state index in [1.165, 1.54) is 11.1 Å². The summed E-state index contributed by atoms with van der Waals surface area (Å²) < 4.78 is 8.70. The third-order valence-corrected chi connectivity index (χ3v) is 11.0. The zero-order chi connectivity index (χ0) is 37.8. The molecule has 0 atom stereocenters. The number of phenolic OH excluding ortho intramolecular Hbond substituents is 1. The van der Waals surface area contributed by atoms with Crippen molar-refractivity contribution in [3.63, 3.8) is 0 Å². The van der Waals surface area contributed by atoms with Gasteiger partial charge in [0.25, 0.3) is 0 Å². The normalized spacial score (nSPS) is 11.6. The van der Waals surface area contributed by atoms with Gasteiger partial charge in [-0.1, -0.05) is 146 Å². The van der Waals surface area contributed by atoms with E-state index in [1.807, 2.05) is 60.8 Å². The minimum absolute atomic E-state index is 0. The Kier molecular flexibility index (Phi) is 9.19. The predicted molar refractivity (Wildman–Crippen MR) is 227 cm³/mol. The van der Waals surface area contributed by atoms with Gasteiger partial charge in [-0.05, 0) is 70.1 Å². The zero-order valence-electron chi connectivity index (χ0n) is 31.3. The molecule has 57 heavy (non-hydrogen) atoms. The van der Waals surface area contributed by atoms with Crippen molar-refractivity contribution in [3.8, 4) is 56.3 Å². The number of phenols is 1. The molecule has 3 aromatic heterocycles. The van der Waals surface area contributed by atoms with Crippen molar-refractivity contribution in [2.75, 3.05) is 0 Å². The third kappa shape index (κ3) is 6.25. The number of nitrogens with zero attached hydrogens (tertiary/aromatic N) is 3. The summed E-state index contributed by atoms with van der Waals surface area (Å²) in [6.07, 6.45) is 1.86. The molecule has 0 bridgehead atoms. The van der Waals surface area contributed by atoms with Crippen LogP contribution in [-0.4, -0.2) is 19.6 Å². The summed E-state index contributed by atoms with van der Waals surface area (Å²) in [5.74, 6) is 0.821. The van der Waals surface area contributed by atoms with Crippen molar-refractivity contribution in [1.82, 2.24) is 14.5 Å². The van der Waals surface area contributed by atoms with E-state index in [-0.39, 0.29) is 32.2 Å². The molecule has 0 spiro atoms. The quantitative estimate of drug-likeness (QED) is 0.162. The maximum Gasteiger partial charge on any atom is 0.148 e. The van der Waals surface area contributed by atoms with Gasteiger partial charge in [-0.2, -0.15) is 0 Å². The maximum atomic E-state index is 11.0. The first-order valence-corrected chi connectivity index (χ1v) is 18.8. The second kappa shape index (κ2) is 14.5. The fourth-order valence-corrected chi connectivity index (χ4v) is 7.94. The van der Waals surface area contributed by atoms with Crippen molar-refractivity contribution in [1.29, 1.82) is 0 Å². The Labute approximate surface area is 345 Å². The number of para-hydroxylation sites is 4. The Morgan fingerprint density at radius 3 is 2.11 bits per heavy atom. The van der Waals surface area contributed by atoms with Gasteiger partial charge in [0.2, 0.25) is 0 Å². The average Bonchev–Trinajstić information content (AvgIpc) is 3.83. The number of hydrogen-bond acceptors (Lipinski definition) is 4. The summed E-state index contributed by atoms with van der Waals surface area (Å²) in [6, 6.07) is 61.4. The van der Waals surface area contributed by atoms with Gasteiger partial charge >= 0.3 is 0 Å². The molecule has 7 aromatic carbocycles. The van der Waals surface area contributed by atoms with Crippen LogP contribution in [0, 0.1) is 6.07 Å². The van der Waals surface area contributed by atoms with Crippen LogP contribution in [0.1, 0.15) is 25.0 Å². The van der Waals surface area contributed by atoms with Crippen LogP contribution in [0.5, 0.6) is 5.75 Å². The second-order valence-corrected chi connectivity index (χ2v) is 14.7. The summed E-state index contributed by atoms with van der Waals surface area (Å²) in [6.45, 7) is 4.53. The number of furan rings is 1. The molecule has 278 valence electrons. The molecule has 10 rings (SSSR count). The number of aromatic nitrogens is 3. The Morgan fingerprint density at radius 2 is 1.32 bits per heavy atom. The minimum Gasteiger partial charge on any atom is -0.507 e. The smallest absolute Gasteiger partial charge is 0.148 e. The molecule has 0 aliphatic rings. The third-order valence-electron chi connectivity index (χ3n) is 11.0. The van der Waals surface area contributed by atoms with Crippen molar-refractivity contribution in [2.45, 2.75) is 19.3 Å². The molecule has 10 aromatic rings. The molecule has 0 amide bonds. The second-order valence-electron chi connectivity index (χ2n) is 14.7. The first-order valence-electron chi connectivity index (χ1n) is 18.8. The van der Waals surface area contributed by atoms with Crippen LogP contribution in [0.4, 0.5) is 0 Å². The van der Waals surface area contributed by atoms with Crippen molar-refractivity contribution in [2.24, 2.45) is 0 Å². The van der Waals surface area contributed by atoms with Crippen LogP contribution in [0.3, 0.4) is 0 Å². The van der Waals surface area contributed by atoms with E-state index in [2.05, 4.69) is 134 Å². The Hall–Kier alpha value is -6.55. The van der Waals surface area contributed by atoms with E-state index in [9.17, 15) is 5.11 Å². The van der Waals surface area contributed by atoms with Crippen LogP contribution in [0.25, 0.3) is 83.6 Å². The molecule has 0 radical (unpaired) electrons. The molecule has 3 heterocycles. The van der Waals surface area contributed by atoms with Gasteiger partial charge in [-0.15, -0.1) is 17.7 Å². The predicted octanol–water partition coefficient (Wildman–Crippen LogP) is 12.8. The maximum absolute atomic E-state index is 11.0. The van der Waals surface area contributed by atoms with E-state index in [1.54, 1.807) is 6.07 Å². The topological polar surface area (TPSA) is 64.1 Å². The molecular weight excluding hydrogens is 882 g/mol. The summed E-state index contributed by atoms with van der Waals surface area (Å²) in [7, 11) is 0. The van der Waals surface area contributed by atoms with E-state index >= 15 is 0 Å². The van der Waals surface area contributed by atoms with E-state index in [0.29, 0.717) is 11.4 Å². The van der Waals surface area contributed by atoms with Gasteiger partial charge in [0.1, 0.15) is 17.2 Å². The molecule has 5 nitrogen and oxygen atoms in total. The summed E-state index contributed by atoms with van der Waals surface area (Å²) in [4.78, 5) is 10.2. The number of aromatic hydroxyl groups is 1. The van der Waals surface area contributed by atoms with Gasteiger partial charge < -0.3 is 9.52 Å². The number of pyridine rings is 1. The Morgan fingerprint density at radius 1 is 0.632 bits per heavy atom. The van der Waals surface area contributed by atoms with E-state index in [4.69, 9.17) is 14.4 Å². The number of rotatable bonds is 7. The van der Waals surface area contributed by atoms with Gasteiger partial charge in [-0.25, -0.2) is 4.98 Å². The molecule has 0 unspecified atom stereocenters. The number of benzene rings is 7. The molecule has 0 aliphatic heterocycles. The fourth-order valence-electron chi connectivity index (χ4n) is 7.94. The first-order chi connectivity index (χ1) is 27.4. The number of imidazole rings is 1. The van der Waals surface area contributed by atoms with Gasteiger partial charge in [0.15, 0.2) is 0 Å². The molecule has 0 saturated carbocycles. The number of hydrogen-bond donors (Lipinski definition) is 1. The van der Waals surface area contributed by atoms with E-state index < -0.39 is 0 Å². The van der Waals surface area contributed by atoms with Crippen LogP contribution in [-0.2, 0) is 26.5 Å². The van der Waals surface area contributed by atoms with Crippen molar-refractivity contribution >= 4 is 33.0 Å².